The molecule has 0 aliphatic rings. The third kappa shape index (κ3) is 2.29. The van der Waals surface area contributed by atoms with E-state index in [2.05, 4.69) is 70.2 Å². The van der Waals surface area contributed by atoms with Gasteiger partial charge in [-0.3, -0.25) is 0 Å². The molecule has 3 aromatic rings. The maximum Gasteiger partial charge on any atom is 0.0709 e. The molecule has 0 spiro atoms. The molecule has 0 N–H and O–H groups in total. The number of nitrogens with zero attached hydrogens (tertiary/aromatic N) is 1. The minimum Gasteiger partial charge on any atom is -0.248 e. The van der Waals surface area contributed by atoms with Crippen LogP contribution in [0.3, 0.4) is 0 Å². The van der Waals surface area contributed by atoms with E-state index in [1.54, 1.807) is 0 Å². The number of aromatic nitrogens is 1. The Hall–Kier alpha value is -1.89. The van der Waals surface area contributed by atoms with Gasteiger partial charge in [-0.1, -0.05) is 39.8 Å². The minimum absolute atomic E-state index is 0.553. The fourth-order valence-electron chi connectivity index (χ4n) is 2.60. The fourth-order valence-corrected chi connectivity index (χ4v) is 2.60. The number of hydrogen-bond donors (Lipinski definition) is 0. The molecule has 1 heteroatoms. The molecule has 0 saturated heterocycles. The van der Waals surface area contributed by atoms with Gasteiger partial charge in [-0.25, -0.2) is 4.98 Å². The van der Waals surface area contributed by atoms with Gasteiger partial charge < -0.3 is 0 Å². The number of pyridine rings is 1. The van der Waals surface area contributed by atoms with Crippen LogP contribution in [0.4, 0.5) is 0 Å². The molecule has 1 heterocycles. The van der Waals surface area contributed by atoms with Gasteiger partial charge >= 0.3 is 0 Å². The Morgan fingerprint density at radius 2 is 1.10 bits per heavy atom. The van der Waals surface area contributed by atoms with Crippen molar-refractivity contribution < 1.29 is 0 Å². The normalized spacial score (nSPS) is 11.9. The summed E-state index contributed by atoms with van der Waals surface area (Å²) in [6.45, 7) is 8.91. The Labute approximate surface area is 120 Å². The lowest BCUT2D eigenvalue weighted by molar-refractivity contribution is 0.868. The van der Waals surface area contributed by atoms with E-state index in [9.17, 15) is 0 Å². The highest BCUT2D eigenvalue weighted by atomic mass is 14.7. The van der Waals surface area contributed by atoms with Crippen LogP contribution in [0.25, 0.3) is 21.8 Å². The largest absolute Gasteiger partial charge is 0.248 e. The summed E-state index contributed by atoms with van der Waals surface area (Å²) in [6.07, 6.45) is 0. The van der Waals surface area contributed by atoms with E-state index in [-0.39, 0.29) is 0 Å². The first-order valence-corrected chi connectivity index (χ1v) is 7.39. The minimum atomic E-state index is 0.553. The van der Waals surface area contributed by atoms with Crippen LogP contribution in [0, 0.1) is 0 Å². The highest BCUT2D eigenvalue weighted by Crippen LogP contribution is 2.26. The van der Waals surface area contributed by atoms with Gasteiger partial charge in [-0.05, 0) is 53.3 Å². The molecular formula is C19H21N. The smallest absolute Gasteiger partial charge is 0.0709 e. The molecule has 1 aromatic heterocycles. The van der Waals surface area contributed by atoms with Crippen molar-refractivity contribution in [3.63, 3.8) is 0 Å². The molecule has 3 rings (SSSR count). The number of rotatable bonds is 2. The molecule has 0 aliphatic carbocycles. The van der Waals surface area contributed by atoms with Crippen molar-refractivity contribution in [2.75, 3.05) is 0 Å². The molecule has 0 bridgehead atoms. The first kappa shape index (κ1) is 13.1. The zero-order valence-corrected chi connectivity index (χ0v) is 12.6. The monoisotopic (exact) mass is 263 g/mol. The van der Waals surface area contributed by atoms with Crippen LogP contribution < -0.4 is 0 Å². The molecule has 0 aliphatic heterocycles. The van der Waals surface area contributed by atoms with Crippen LogP contribution in [0.2, 0.25) is 0 Å². The first-order valence-electron chi connectivity index (χ1n) is 7.39. The molecule has 0 radical (unpaired) electrons. The highest BCUT2D eigenvalue weighted by molar-refractivity contribution is 5.93. The van der Waals surface area contributed by atoms with Crippen LogP contribution in [-0.2, 0) is 0 Å². The number of fused-ring (bicyclic) bond motifs is 2. The lowest BCUT2D eigenvalue weighted by atomic mass is 9.98. The predicted molar refractivity (Wildman–Crippen MR) is 87.4 cm³/mol. The van der Waals surface area contributed by atoms with Gasteiger partial charge in [0.25, 0.3) is 0 Å². The SMILES string of the molecule is CC(C)c1ccc2nc3ccc(C(C)C)cc3cc2c1. The van der Waals surface area contributed by atoms with E-state index in [0.717, 1.165) is 11.0 Å². The molecule has 1 nitrogen and oxygen atoms in total. The van der Waals surface area contributed by atoms with Crippen molar-refractivity contribution in [2.24, 2.45) is 0 Å². The molecule has 102 valence electrons. The summed E-state index contributed by atoms with van der Waals surface area (Å²) in [5.74, 6) is 1.11. The lowest BCUT2D eigenvalue weighted by Crippen LogP contribution is -1.91. The summed E-state index contributed by atoms with van der Waals surface area (Å²) in [6, 6.07) is 15.5. The zero-order chi connectivity index (χ0) is 14.3. The van der Waals surface area contributed by atoms with E-state index >= 15 is 0 Å². The fraction of sp³-hybridized carbons (Fsp3) is 0.316. The second-order valence-electron chi connectivity index (χ2n) is 6.20. The van der Waals surface area contributed by atoms with Crippen molar-refractivity contribution in [1.29, 1.82) is 0 Å². The van der Waals surface area contributed by atoms with Crippen molar-refractivity contribution in [2.45, 2.75) is 39.5 Å². The van der Waals surface area contributed by atoms with E-state index in [1.165, 1.54) is 21.9 Å². The topological polar surface area (TPSA) is 12.9 Å². The third-order valence-corrected chi connectivity index (χ3v) is 3.99. The van der Waals surface area contributed by atoms with Crippen molar-refractivity contribution in [3.8, 4) is 0 Å². The quantitative estimate of drug-likeness (QED) is 0.546. The third-order valence-electron chi connectivity index (χ3n) is 3.99. The molecule has 0 saturated carbocycles. The molecule has 0 amide bonds. The van der Waals surface area contributed by atoms with Crippen LogP contribution in [0.5, 0.6) is 0 Å². The van der Waals surface area contributed by atoms with Gasteiger partial charge in [0.05, 0.1) is 11.0 Å². The molecular weight excluding hydrogens is 242 g/mol. The zero-order valence-electron chi connectivity index (χ0n) is 12.6. The van der Waals surface area contributed by atoms with Crippen LogP contribution in [0.1, 0.15) is 50.7 Å². The standard InChI is InChI=1S/C19H21N/c1-12(2)14-5-7-18-16(9-14)11-17-10-15(13(3)4)6-8-19(17)20-18/h5-13H,1-4H3. The Morgan fingerprint density at radius 3 is 1.50 bits per heavy atom. The van der Waals surface area contributed by atoms with E-state index in [1.807, 2.05) is 0 Å². The van der Waals surface area contributed by atoms with Gasteiger partial charge in [0.2, 0.25) is 0 Å². The van der Waals surface area contributed by atoms with Crippen molar-refractivity contribution in [1.82, 2.24) is 4.98 Å². The lowest BCUT2D eigenvalue weighted by Gasteiger charge is -2.09. The summed E-state index contributed by atoms with van der Waals surface area (Å²) in [5.41, 5.74) is 4.91. The summed E-state index contributed by atoms with van der Waals surface area (Å²) in [5, 5.41) is 2.48. The van der Waals surface area contributed by atoms with Crippen LogP contribution in [-0.4, -0.2) is 4.98 Å². The average molecular weight is 263 g/mol. The van der Waals surface area contributed by atoms with Gasteiger partial charge in [0.1, 0.15) is 0 Å². The van der Waals surface area contributed by atoms with E-state index in [4.69, 9.17) is 4.98 Å². The Balaban J connectivity index is 2.24. The molecule has 0 unspecified atom stereocenters. The number of hydrogen-bond acceptors (Lipinski definition) is 1. The van der Waals surface area contributed by atoms with E-state index < -0.39 is 0 Å². The van der Waals surface area contributed by atoms with Gasteiger partial charge in [-0.15, -0.1) is 0 Å². The summed E-state index contributed by atoms with van der Waals surface area (Å²) < 4.78 is 0. The average Bonchev–Trinajstić information content (AvgIpc) is 2.43. The summed E-state index contributed by atoms with van der Waals surface area (Å²) >= 11 is 0. The summed E-state index contributed by atoms with van der Waals surface area (Å²) in [4.78, 5) is 4.78. The van der Waals surface area contributed by atoms with Crippen molar-refractivity contribution >= 4 is 21.8 Å². The Morgan fingerprint density at radius 1 is 0.650 bits per heavy atom. The van der Waals surface area contributed by atoms with Gasteiger partial charge in [0.15, 0.2) is 0 Å². The van der Waals surface area contributed by atoms with Gasteiger partial charge in [-0.2, -0.15) is 0 Å². The first-order chi connectivity index (χ1) is 9.54. The second-order valence-corrected chi connectivity index (χ2v) is 6.20. The maximum atomic E-state index is 4.78. The molecule has 0 atom stereocenters. The van der Waals surface area contributed by atoms with Crippen LogP contribution >= 0.6 is 0 Å². The highest BCUT2D eigenvalue weighted by Gasteiger charge is 2.05. The number of benzene rings is 2. The second kappa shape index (κ2) is 4.90. The molecule has 20 heavy (non-hydrogen) atoms. The molecule has 2 aromatic carbocycles. The van der Waals surface area contributed by atoms with Crippen LogP contribution in [0.15, 0.2) is 42.5 Å². The Bertz CT molecular complexity index is 706. The predicted octanol–water partition coefficient (Wildman–Crippen LogP) is 5.63. The summed E-state index contributed by atoms with van der Waals surface area (Å²) in [7, 11) is 0. The van der Waals surface area contributed by atoms with Crippen molar-refractivity contribution in [3.05, 3.63) is 53.6 Å². The molecule has 0 fully saturated rings. The maximum absolute atomic E-state index is 4.78. The Kier molecular flexibility index (Phi) is 3.21. The van der Waals surface area contributed by atoms with Gasteiger partial charge in [0, 0.05) is 10.8 Å². The van der Waals surface area contributed by atoms with E-state index in [0.29, 0.717) is 11.8 Å².